The van der Waals surface area contributed by atoms with E-state index in [0.717, 1.165) is 29.7 Å². The molecule has 0 aliphatic heterocycles. The van der Waals surface area contributed by atoms with Gasteiger partial charge in [0.1, 0.15) is 11.3 Å². The van der Waals surface area contributed by atoms with Crippen LogP contribution in [0.15, 0.2) is 42.6 Å². The monoisotopic (exact) mass is 327 g/mol. The Kier molecular flexibility index (Phi) is 4.35. The highest BCUT2D eigenvalue weighted by Gasteiger charge is 2.19. The molecule has 1 N–H and O–H groups in total. The molecule has 0 spiro atoms. The second-order valence-corrected chi connectivity index (χ2v) is 5.93. The molecule has 0 aliphatic carbocycles. The number of fused-ring (bicyclic) bond motifs is 1. The summed E-state index contributed by atoms with van der Waals surface area (Å²) in [5.74, 6) is -0.195. The number of benzene rings is 1. The van der Waals surface area contributed by atoms with Gasteiger partial charge >= 0.3 is 0 Å². The van der Waals surface area contributed by atoms with Crippen LogP contribution in [0.2, 0.25) is 5.02 Å². The molecule has 1 aromatic carbocycles. The Morgan fingerprint density at radius 1 is 1.26 bits per heavy atom. The molecule has 0 fully saturated rings. The molecule has 4 nitrogen and oxygen atoms in total. The SMILES string of the molecule is CCCc1nc2ccc(C)cn2c1C(=O)Nc1ccccc1Cl. The molecule has 2 aromatic heterocycles. The van der Waals surface area contributed by atoms with Crippen LogP contribution in [-0.2, 0) is 6.42 Å². The van der Waals surface area contributed by atoms with E-state index in [2.05, 4.69) is 17.2 Å². The smallest absolute Gasteiger partial charge is 0.274 e. The lowest BCUT2D eigenvalue weighted by Crippen LogP contribution is -2.16. The number of amides is 1. The highest BCUT2D eigenvalue weighted by atomic mass is 35.5. The fourth-order valence-corrected chi connectivity index (χ4v) is 2.78. The van der Waals surface area contributed by atoms with Gasteiger partial charge in [-0.25, -0.2) is 4.98 Å². The molecule has 0 unspecified atom stereocenters. The van der Waals surface area contributed by atoms with Gasteiger partial charge in [0.25, 0.3) is 5.91 Å². The number of nitrogens with zero attached hydrogens (tertiary/aromatic N) is 2. The minimum atomic E-state index is -0.195. The average Bonchev–Trinajstić information content (AvgIpc) is 2.87. The molecule has 5 heteroatoms. The van der Waals surface area contributed by atoms with Gasteiger partial charge in [-0.3, -0.25) is 9.20 Å². The maximum absolute atomic E-state index is 12.8. The molecule has 1 amide bonds. The van der Waals surface area contributed by atoms with Crippen molar-refractivity contribution in [2.45, 2.75) is 26.7 Å². The van der Waals surface area contributed by atoms with E-state index in [1.165, 1.54) is 0 Å². The first-order chi connectivity index (χ1) is 11.1. The number of anilines is 1. The third kappa shape index (κ3) is 3.08. The third-order valence-electron chi connectivity index (χ3n) is 3.66. The van der Waals surface area contributed by atoms with Crippen LogP contribution in [0.1, 0.15) is 35.1 Å². The topological polar surface area (TPSA) is 46.4 Å². The quantitative estimate of drug-likeness (QED) is 0.766. The molecule has 0 atom stereocenters. The standard InChI is InChI=1S/C18H18ClN3O/c1-3-6-15-17(22-11-12(2)9-10-16(22)20-15)18(23)21-14-8-5-4-7-13(14)19/h4-5,7-11H,3,6H2,1-2H3,(H,21,23). The van der Waals surface area contributed by atoms with Crippen molar-refractivity contribution in [1.82, 2.24) is 9.38 Å². The van der Waals surface area contributed by atoms with E-state index >= 15 is 0 Å². The van der Waals surface area contributed by atoms with Crippen LogP contribution < -0.4 is 5.32 Å². The molecular formula is C18H18ClN3O. The van der Waals surface area contributed by atoms with E-state index < -0.39 is 0 Å². The van der Waals surface area contributed by atoms with Crippen LogP contribution >= 0.6 is 11.6 Å². The molecule has 23 heavy (non-hydrogen) atoms. The number of imidazole rings is 1. The van der Waals surface area contributed by atoms with Gasteiger partial charge in [0, 0.05) is 6.20 Å². The minimum Gasteiger partial charge on any atom is -0.319 e. The van der Waals surface area contributed by atoms with Crippen LogP contribution in [0.5, 0.6) is 0 Å². The predicted octanol–water partition coefficient (Wildman–Crippen LogP) is 4.50. The van der Waals surface area contributed by atoms with Crippen LogP contribution in [0.3, 0.4) is 0 Å². The molecular weight excluding hydrogens is 310 g/mol. The first kappa shape index (κ1) is 15.6. The molecule has 0 bridgehead atoms. The van der Waals surface area contributed by atoms with Crippen molar-refractivity contribution in [2.75, 3.05) is 5.32 Å². The normalized spacial score (nSPS) is 10.9. The zero-order valence-corrected chi connectivity index (χ0v) is 13.9. The summed E-state index contributed by atoms with van der Waals surface area (Å²) < 4.78 is 1.85. The highest BCUT2D eigenvalue weighted by Crippen LogP contribution is 2.23. The highest BCUT2D eigenvalue weighted by molar-refractivity contribution is 6.33. The molecule has 3 rings (SSSR count). The second kappa shape index (κ2) is 6.42. The maximum atomic E-state index is 12.8. The minimum absolute atomic E-state index is 0.195. The number of hydrogen-bond acceptors (Lipinski definition) is 2. The van der Waals surface area contributed by atoms with Crippen LogP contribution in [0, 0.1) is 6.92 Å². The van der Waals surface area contributed by atoms with E-state index in [9.17, 15) is 4.79 Å². The van der Waals surface area contributed by atoms with E-state index in [1.807, 2.05) is 41.8 Å². The van der Waals surface area contributed by atoms with Gasteiger partial charge < -0.3 is 5.32 Å². The number of carbonyl (C=O) groups is 1. The fraction of sp³-hybridized carbons (Fsp3) is 0.222. The number of rotatable bonds is 4. The van der Waals surface area contributed by atoms with Crippen molar-refractivity contribution >= 4 is 28.8 Å². The number of nitrogens with one attached hydrogen (secondary N) is 1. The van der Waals surface area contributed by atoms with Crippen LogP contribution in [0.4, 0.5) is 5.69 Å². The Morgan fingerprint density at radius 2 is 2.04 bits per heavy atom. The number of hydrogen-bond donors (Lipinski definition) is 1. The van der Waals surface area contributed by atoms with Crippen molar-refractivity contribution in [3.05, 3.63) is 64.6 Å². The lowest BCUT2D eigenvalue weighted by Gasteiger charge is -2.08. The molecule has 3 aromatic rings. The summed E-state index contributed by atoms with van der Waals surface area (Å²) in [6.45, 7) is 4.07. The summed E-state index contributed by atoms with van der Waals surface area (Å²) in [5, 5.41) is 3.41. The van der Waals surface area contributed by atoms with Gasteiger partial charge in [0.05, 0.1) is 16.4 Å². The Bertz CT molecular complexity index is 870. The summed E-state index contributed by atoms with van der Waals surface area (Å²) in [4.78, 5) is 17.4. The van der Waals surface area contributed by atoms with E-state index in [0.29, 0.717) is 16.4 Å². The van der Waals surface area contributed by atoms with Crippen LogP contribution in [0.25, 0.3) is 5.65 Å². The first-order valence-electron chi connectivity index (χ1n) is 7.63. The number of aryl methyl sites for hydroxylation is 2. The Morgan fingerprint density at radius 3 is 2.78 bits per heavy atom. The molecule has 2 heterocycles. The maximum Gasteiger partial charge on any atom is 0.274 e. The number of para-hydroxylation sites is 1. The Hall–Kier alpha value is -2.33. The van der Waals surface area contributed by atoms with Gasteiger partial charge in [0.2, 0.25) is 0 Å². The lowest BCUT2D eigenvalue weighted by molar-refractivity contribution is 0.102. The average molecular weight is 328 g/mol. The van der Waals surface area contributed by atoms with Crippen molar-refractivity contribution in [1.29, 1.82) is 0 Å². The fourth-order valence-electron chi connectivity index (χ4n) is 2.60. The molecule has 0 radical (unpaired) electrons. The lowest BCUT2D eigenvalue weighted by atomic mass is 10.2. The van der Waals surface area contributed by atoms with Gasteiger partial charge in [-0.2, -0.15) is 0 Å². The van der Waals surface area contributed by atoms with Gasteiger partial charge in [0.15, 0.2) is 0 Å². The number of halogens is 1. The van der Waals surface area contributed by atoms with Crippen LogP contribution in [-0.4, -0.2) is 15.3 Å². The number of pyridine rings is 1. The molecule has 0 saturated carbocycles. The van der Waals surface area contributed by atoms with Gasteiger partial charge in [-0.1, -0.05) is 43.1 Å². The number of aromatic nitrogens is 2. The van der Waals surface area contributed by atoms with E-state index in [-0.39, 0.29) is 5.91 Å². The number of carbonyl (C=O) groups excluding carboxylic acids is 1. The summed E-state index contributed by atoms with van der Waals surface area (Å²) in [6.07, 6.45) is 3.62. The van der Waals surface area contributed by atoms with Crippen molar-refractivity contribution in [3.63, 3.8) is 0 Å². The van der Waals surface area contributed by atoms with Crippen molar-refractivity contribution in [2.24, 2.45) is 0 Å². The van der Waals surface area contributed by atoms with E-state index in [4.69, 9.17) is 11.6 Å². The van der Waals surface area contributed by atoms with Crippen molar-refractivity contribution < 1.29 is 4.79 Å². The molecule has 118 valence electrons. The zero-order valence-electron chi connectivity index (χ0n) is 13.1. The Labute approximate surface area is 140 Å². The second-order valence-electron chi connectivity index (χ2n) is 5.53. The Balaban J connectivity index is 2.06. The first-order valence-corrected chi connectivity index (χ1v) is 8.01. The van der Waals surface area contributed by atoms with E-state index in [1.54, 1.807) is 12.1 Å². The molecule has 0 aliphatic rings. The summed E-state index contributed by atoms with van der Waals surface area (Å²) in [5.41, 5.74) is 3.84. The predicted molar refractivity (Wildman–Crippen MR) is 93.3 cm³/mol. The largest absolute Gasteiger partial charge is 0.319 e. The van der Waals surface area contributed by atoms with Gasteiger partial charge in [-0.15, -0.1) is 0 Å². The zero-order chi connectivity index (χ0) is 16.4. The van der Waals surface area contributed by atoms with Gasteiger partial charge in [-0.05, 0) is 37.1 Å². The summed E-state index contributed by atoms with van der Waals surface area (Å²) in [6, 6.07) is 11.1. The van der Waals surface area contributed by atoms with Crippen molar-refractivity contribution in [3.8, 4) is 0 Å². The third-order valence-corrected chi connectivity index (χ3v) is 3.99. The molecule has 0 saturated heterocycles. The summed E-state index contributed by atoms with van der Waals surface area (Å²) in [7, 11) is 0. The summed E-state index contributed by atoms with van der Waals surface area (Å²) >= 11 is 6.14.